The first-order valence-electron chi connectivity index (χ1n) is 5.48. The second-order valence-corrected chi connectivity index (χ2v) is 6.16. The van der Waals surface area contributed by atoms with Crippen LogP contribution in [0.1, 0.15) is 27.2 Å². The van der Waals surface area contributed by atoms with Crippen LogP contribution in [0.3, 0.4) is 0 Å². The van der Waals surface area contributed by atoms with E-state index in [1.54, 1.807) is 0 Å². The van der Waals surface area contributed by atoms with Crippen molar-refractivity contribution in [3.8, 4) is 0 Å². The van der Waals surface area contributed by atoms with Crippen molar-refractivity contribution < 1.29 is 9.53 Å². The highest BCUT2D eigenvalue weighted by Crippen LogP contribution is 2.50. The lowest BCUT2D eigenvalue weighted by Gasteiger charge is -2.29. The SMILES string of the molecule is CC(C)(C)OC(=O)N1C[C@@H]2C[C@@H]2[C@H]1CBr. The van der Waals surface area contributed by atoms with Crippen molar-refractivity contribution in [3.05, 3.63) is 0 Å². The van der Waals surface area contributed by atoms with Gasteiger partial charge in [0, 0.05) is 17.9 Å². The van der Waals surface area contributed by atoms with Gasteiger partial charge in [-0.1, -0.05) is 15.9 Å². The summed E-state index contributed by atoms with van der Waals surface area (Å²) in [5.74, 6) is 1.46. The van der Waals surface area contributed by atoms with Crippen LogP contribution in [0.4, 0.5) is 4.79 Å². The van der Waals surface area contributed by atoms with Crippen LogP contribution in [0, 0.1) is 11.8 Å². The second kappa shape index (κ2) is 3.65. The molecular formula is C11H18BrNO2. The molecule has 0 radical (unpaired) electrons. The van der Waals surface area contributed by atoms with Crippen molar-refractivity contribution in [1.29, 1.82) is 0 Å². The summed E-state index contributed by atoms with van der Waals surface area (Å²) in [5, 5.41) is 0.868. The minimum Gasteiger partial charge on any atom is -0.444 e. The van der Waals surface area contributed by atoms with Crippen LogP contribution in [0.2, 0.25) is 0 Å². The normalized spacial score (nSPS) is 33.9. The van der Waals surface area contributed by atoms with Crippen molar-refractivity contribution in [1.82, 2.24) is 4.90 Å². The summed E-state index contributed by atoms with van der Waals surface area (Å²) in [6.07, 6.45) is 1.13. The van der Waals surface area contributed by atoms with E-state index in [4.69, 9.17) is 4.74 Å². The molecule has 0 aromatic heterocycles. The van der Waals surface area contributed by atoms with Gasteiger partial charge >= 0.3 is 6.09 Å². The molecule has 0 N–H and O–H groups in total. The molecule has 2 aliphatic rings. The van der Waals surface area contributed by atoms with Gasteiger partial charge in [-0.15, -0.1) is 0 Å². The molecule has 1 heterocycles. The first-order chi connectivity index (χ1) is 6.92. The topological polar surface area (TPSA) is 29.5 Å². The molecule has 1 saturated heterocycles. The van der Waals surface area contributed by atoms with Gasteiger partial charge in [0.15, 0.2) is 0 Å². The van der Waals surface area contributed by atoms with E-state index in [0.29, 0.717) is 6.04 Å². The fourth-order valence-electron chi connectivity index (χ4n) is 2.30. The standard InChI is InChI=1S/C11H18BrNO2/c1-11(2,3)15-10(14)13-6-7-4-8(7)9(13)5-12/h7-9H,4-6H2,1-3H3/t7-,8-,9+/m0/s1. The van der Waals surface area contributed by atoms with Gasteiger partial charge in [0.05, 0.1) is 0 Å². The summed E-state index contributed by atoms with van der Waals surface area (Å²) in [5.41, 5.74) is -0.388. The molecule has 1 aliphatic carbocycles. The van der Waals surface area contributed by atoms with Crippen LogP contribution in [-0.2, 0) is 4.74 Å². The van der Waals surface area contributed by atoms with Crippen molar-refractivity contribution in [3.63, 3.8) is 0 Å². The highest BCUT2D eigenvalue weighted by Gasteiger charge is 2.54. The van der Waals surface area contributed by atoms with E-state index in [2.05, 4.69) is 15.9 Å². The van der Waals surface area contributed by atoms with Gasteiger partial charge in [0.25, 0.3) is 0 Å². The molecule has 2 rings (SSSR count). The molecule has 1 saturated carbocycles. The molecule has 3 nitrogen and oxygen atoms in total. The van der Waals surface area contributed by atoms with Crippen LogP contribution < -0.4 is 0 Å². The molecule has 0 unspecified atom stereocenters. The maximum absolute atomic E-state index is 11.9. The number of carbonyl (C=O) groups is 1. The van der Waals surface area contributed by atoms with Gasteiger partial charge in [-0.3, -0.25) is 0 Å². The number of piperidine rings is 1. The molecular weight excluding hydrogens is 258 g/mol. The molecule has 4 heteroatoms. The number of amides is 1. The summed E-state index contributed by atoms with van der Waals surface area (Å²) in [4.78, 5) is 13.8. The lowest BCUT2D eigenvalue weighted by molar-refractivity contribution is 0.0212. The average Bonchev–Trinajstić information content (AvgIpc) is 2.75. The Bertz CT molecular complexity index is 274. The molecule has 0 bridgehead atoms. The third kappa shape index (κ3) is 2.30. The van der Waals surface area contributed by atoms with Crippen LogP contribution in [0.5, 0.6) is 0 Å². The molecule has 0 spiro atoms. The first-order valence-corrected chi connectivity index (χ1v) is 6.60. The molecule has 0 aromatic carbocycles. The van der Waals surface area contributed by atoms with E-state index in [0.717, 1.165) is 23.7 Å². The number of hydrogen-bond donors (Lipinski definition) is 0. The van der Waals surface area contributed by atoms with Gasteiger partial charge in [-0.2, -0.15) is 0 Å². The molecule has 2 fully saturated rings. The zero-order chi connectivity index (χ0) is 11.2. The molecule has 15 heavy (non-hydrogen) atoms. The van der Waals surface area contributed by atoms with Crippen LogP contribution in [0.25, 0.3) is 0 Å². The predicted octanol–water partition coefficient (Wildman–Crippen LogP) is 2.64. The van der Waals surface area contributed by atoms with Crippen molar-refractivity contribution in [2.45, 2.75) is 38.8 Å². The van der Waals surface area contributed by atoms with Gasteiger partial charge in [-0.25, -0.2) is 4.79 Å². The number of rotatable bonds is 1. The Morgan fingerprint density at radius 1 is 1.53 bits per heavy atom. The van der Waals surface area contributed by atoms with Gasteiger partial charge in [0.1, 0.15) is 5.60 Å². The Balaban J connectivity index is 1.96. The van der Waals surface area contributed by atoms with Crippen LogP contribution in [0.15, 0.2) is 0 Å². The first kappa shape index (κ1) is 11.2. The third-order valence-corrected chi connectivity index (χ3v) is 3.75. The fourth-order valence-corrected chi connectivity index (χ4v) is 3.13. The van der Waals surface area contributed by atoms with Crippen molar-refractivity contribution in [2.75, 3.05) is 11.9 Å². The molecule has 0 aromatic rings. The van der Waals surface area contributed by atoms with Crippen molar-refractivity contribution >= 4 is 22.0 Å². The zero-order valence-electron chi connectivity index (χ0n) is 9.50. The minimum absolute atomic E-state index is 0.154. The maximum atomic E-state index is 11.9. The highest BCUT2D eigenvalue weighted by atomic mass is 79.9. The lowest BCUT2D eigenvalue weighted by atomic mass is 10.2. The van der Waals surface area contributed by atoms with E-state index >= 15 is 0 Å². The smallest absolute Gasteiger partial charge is 0.410 e. The number of halogens is 1. The predicted molar refractivity (Wildman–Crippen MR) is 62.1 cm³/mol. The summed E-state index contributed by atoms with van der Waals surface area (Å²) < 4.78 is 5.39. The monoisotopic (exact) mass is 275 g/mol. The van der Waals surface area contributed by atoms with Crippen LogP contribution >= 0.6 is 15.9 Å². The Kier molecular flexibility index (Phi) is 2.73. The quantitative estimate of drug-likeness (QED) is 0.689. The summed E-state index contributed by atoms with van der Waals surface area (Å²) in [7, 11) is 0. The number of alkyl halides is 1. The summed E-state index contributed by atoms with van der Waals surface area (Å²) >= 11 is 3.48. The molecule has 3 atom stereocenters. The number of carbonyl (C=O) groups excluding carboxylic acids is 1. The van der Waals surface area contributed by atoms with Gasteiger partial charge in [-0.05, 0) is 39.0 Å². The summed E-state index contributed by atoms with van der Waals surface area (Å²) in [6.45, 7) is 6.61. The van der Waals surface area contributed by atoms with E-state index in [-0.39, 0.29) is 11.7 Å². The number of fused-ring (bicyclic) bond motifs is 1. The lowest BCUT2D eigenvalue weighted by Crippen LogP contribution is -2.42. The Labute approximate surface area is 99.3 Å². The molecule has 1 aliphatic heterocycles. The second-order valence-electron chi connectivity index (χ2n) is 5.51. The summed E-state index contributed by atoms with van der Waals surface area (Å²) in [6, 6.07) is 0.352. The van der Waals surface area contributed by atoms with Crippen molar-refractivity contribution in [2.24, 2.45) is 11.8 Å². The Hall–Kier alpha value is -0.250. The largest absolute Gasteiger partial charge is 0.444 e. The van der Waals surface area contributed by atoms with E-state index in [1.165, 1.54) is 6.42 Å². The average molecular weight is 276 g/mol. The van der Waals surface area contributed by atoms with Gasteiger partial charge < -0.3 is 9.64 Å². The maximum Gasteiger partial charge on any atom is 0.410 e. The van der Waals surface area contributed by atoms with E-state index in [9.17, 15) is 4.79 Å². The van der Waals surface area contributed by atoms with Crippen LogP contribution in [-0.4, -0.2) is 34.5 Å². The fraction of sp³-hybridized carbons (Fsp3) is 0.909. The highest BCUT2D eigenvalue weighted by molar-refractivity contribution is 9.09. The Morgan fingerprint density at radius 2 is 2.20 bits per heavy atom. The number of ether oxygens (including phenoxy) is 1. The zero-order valence-corrected chi connectivity index (χ0v) is 11.1. The van der Waals surface area contributed by atoms with E-state index in [1.807, 2.05) is 25.7 Å². The number of likely N-dealkylation sites (tertiary alicyclic amines) is 1. The third-order valence-electron chi connectivity index (χ3n) is 3.09. The molecule has 86 valence electrons. The molecule has 1 amide bonds. The minimum atomic E-state index is -0.388. The number of hydrogen-bond acceptors (Lipinski definition) is 2. The van der Waals surface area contributed by atoms with E-state index < -0.39 is 0 Å². The number of nitrogens with zero attached hydrogens (tertiary/aromatic N) is 1. The Morgan fingerprint density at radius 3 is 2.73 bits per heavy atom. The van der Waals surface area contributed by atoms with Gasteiger partial charge in [0.2, 0.25) is 0 Å².